The van der Waals surface area contributed by atoms with Crippen molar-refractivity contribution in [1.82, 2.24) is 10.0 Å². The fourth-order valence-corrected chi connectivity index (χ4v) is 6.42. The maximum absolute atomic E-state index is 13.5. The van der Waals surface area contributed by atoms with E-state index in [1.165, 1.54) is 12.5 Å². The minimum absolute atomic E-state index is 0.176. The van der Waals surface area contributed by atoms with Gasteiger partial charge in [0.1, 0.15) is 11.9 Å². The van der Waals surface area contributed by atoms with Crippen LogP contribution < -0.4 is 14.9 Å². The zero-order valence-electron chi connectivity index (χ0n) is 19.7. The molecule has 0 spiro atoms. The highest BCUT2D eigenvalue weighted by Crippen LogP contribution is 2.29. The van der Waals surface area contributed by atoms with Gasteiger partial charge in [-0.15, -0.1) is 0 Å². The molecule has 4 rings (SSSR count). The Labute approximate surface area is 202 Å². The Kier molecular flexibility index (Phi) is 7.88. The molecule has 2 N–H and O–H groups in total. The number of aryl methyl sites for hydroxylation is 1. The van der Waals surface area contributed by atoms with E-state index in [1.807, 2.05) is 13.0 Å². The Morgan fingerprint density at radius 2 is 1.94 bits per heavy atom. The normalized spacial score (nSPS) is 17.4. The number of carbonyl (C=O) groups is 1. The third-order valence-corrected chi connectivity index (χ3v) is 8.39. The predicted molar refractivity (Wildman–Crippen MR) is 132 cm³/mol. The molecule has 1 fully saturated rings. The number of anilines is 1. The van der Waals surface area contributed by atoms with Gasteiger partial charge in [-0.25, -0.2) is 12.8 Å². The Balaban J connectivity index is 1.40. The van der Waals surface area contributed by atoms with Crippen LogP contribution in [0.2, 0.25) is 0 Å². The summed E-state index contributed by atoms with van der Waals surface area (Å²) >= 11 is 0. The number of sulfonamides is 1. The lowest BCUT2D eigenvalue weighted by Gasteiger charge is -2.27. The van der Waals surface area contributed by atoms with E-state index in [0.717, 1.165) is 55.5 Å². The van der Waals surface area contributed by atoms with Crippen LogP contribution in [0, 0.1) is 18.7 Å². The molecule has 1 heterocycles. The highest BCUT2D eigenvalue weighted by molar-refractivity contribution is 7.89. The molecule has 1 saturated carbocycles. The smallest absolute Gasteiger partial charge is 0.241 e. The third kappa shape index (κ3) is 6.16. The van der Waals surface area contributed by atoms with Crippen LogP contribution in [0.25, 0.3) is 0 Å². The van der Waals surface area contributed by atoms with Gasteiger partial charge in [-0.2, -0.15) is 4.72 Å². The molecule has 2 aliphatic rings. The van der Waals surface area contributed by atoms with Crippen LogP contribution in [-0.2, 0) is 21.2 Å². The molecule has 1 amide bonds. The van der Waals surface area contributed by atoms with E-state index in [4.69, 9.17) is 0 Å². The second-order valence-corrected chi connectivity index (χ2v) is 11.2. The fourth-order valence-electron chi connectivity index (χ4n) is 5.11. The number of hydrogen-bond acceptors (Lipinski definition) is 4. The number of benzene rings is 2. The molecule has 1 aliphatic heterocycles. The second kappa shape index (κ2) is 10.9. The number of amides is 1. The van der Waals surface area contributed by atoms with E-state index in [-0.39, 0.29) is 16.6 Å². The molecule has 184 valence electrons. The first-order valence-electron chi connectivity index (χ1n) is 12.2. The summed E-state index contributed by atoms with van der Waals surface area (Å²) in [6, 6.07) is 10.7. The average Bonchev–Trinajstić information content (AvgIpc) is 3.21. The Hall–Kier alpha value is -2.45. The minimum atomic E-state index is -3.82. The van der Waals surface area contributed by atoms with E-state index in [9.17, 15) is 17.6 Å². The number of carbonyl (C=O) groups excluding carboxylic acids is 1. The van der Waals surface area contributed by atoms with Gasteiger partial charge in [0.2, 0.25) is 15.9 Å². The molecule has 2 aromatic rings. The molecule has 0 aromatic heterocycles. The monoisotopic (exact) mass is 487 g/mol. The van der Waals surface area contributed by atoms with Crippen molar-refractivity contribution in [1.29, 1.82) is 0 Å². The van der Waals surface area contributed by atoms with Gasteiger partial charge >= 0.3 is 0 Å². The first-order valence-corrected chi connectivity index (χ1v) is 13.7. The number of hydrogen-bond donors (Lipinski definition) is 2. The molecule has 6 nitrogen and oxygen atoms in total. The summed E-state index contributed by atoms with van der Waals surface area (Å²) in [4.78, 5) is 15.5. The van der Waals surface area contributed by atoms with Crippen LogP contribution >= 0.6 is 0 Å². The topological polar surface area (TPSA) is 78.5 Å². The molecule has 0 bridgehead atoms. The van der Waals surface area contributed by atoms with Crippen molar-refractivity contribution in [2.24, 2.45) is 5.92 Å². The van der Waals surface area contributed by atoms with Crippen LogP contribution in [-0.4, -0.2) is 40.0 Å². The summed E-state index contributed by atoms with van der Waals surface area (Å²) < 4.78 is 42.3. The van der Waals surface area contributed by atoms with Crippen molar-refractivity contribution in [3.8, 4) is 0 Å². The molecule has 34 heavy (non-hydrogen) atoms. The molecule has 0 radical (unpaired) electrons. The highest BCUT2D eigenvalue weighted by Gasteiger charge is 2.29. The summed E-state index contributed by atoms with van der Waals surface area (Å²) in [5.41, 5.74) is 2.82. The maximum Gasteiger partial charge on any atom is 0.241 e. The standard InChI is InChI=1S/C26H34FN3O3S/c1-19-6-5-9-23(16-19)34(32,33)29-24(17-20-7-3-2-4-8-20)26(31)28-13-15-30-14-12-21-18-22(27)10-11-25(21)30/h5-6,9-11,16,18,20,24,29H,2-4,7-8,12-15,17H2,1H3,(H,28,31). The van der Waals surface area contributed by atoms with Crippen LogP contribution in [0.3, 0.4) is 0 Å². The maximum atomic E-state index is 13.5. The summed E-state index contributed by atoms with van der Waals surface area (Å²) in [5.74, 6) is -0.189. The van der Waals surface area contributed by atoms with Crippen molar-refractivity contribution >= 4 is 21.6 Å². The minimum Gasteiger partial charge on any atom is -0.369 e. The van der Waals surface area contributed by atoms with Crippen LogP contribution in [0.4, 0.5) is 10.1 Å². The van der Waals surface area contributed by atoms with Gasteiger partial charge in [-0.05, 0) is 67.1 Å². The van der Waals surface area contributed by atoms with Gasteiger partial charge in [0, 0.05) is 25.3 Å². The van der Waals surface area contributed by atoms with Gasteiger partial charge in [-0.1, -0.05) is 44.2 Å². The molecular formula is C26H34FN3O3S. The Morgan fingerprint density at radius 3 is 2.71 bits per heavy atom. The first-order chi connectivity index (χ1) is 16.3. The first kappa shape index (κ1) is 24.7. The van der Waals surface area contributed by atoms with Crippen LogP contribution in [0.15, 0.2) is 47.4 Å². The average molecular weight is 488 g/mol. The molecule has 2 aromatic carbocycles. The summed E-state index contributed by atoms with van der Waals surface area (Å²) in [6.07, 6.45) is 6.78. The summed E-state index contributed by atoms with van der Waals surface area (Å²) in [5, 5.41) is 2.95. The lowest BCUT2D eigenvalue weighted by Crippen LogP contribution is -2.49. The van der Waals surface area contributed by atoms with E-state index in [2.05, 4.69) is 14.9 Å². The summed E-state index contributed by atoms with van der Waals surface area (Å²) in [6.45, 7) is 3.60. The van der Waals surface area contributed by atoms with Gasteiger partial charge in [0.25, 0.3) is 0 Å². The zero-order chi connectivity index (χ0) is 24.1. The fraction of sp³-hybridized carbons (Fsp3) is 0.500. The van der Waals surface area contributed by atoms with Crippen molar-refractivity contribution < 1.29 is 17.6 Å². The van der Waals surface area contributed by atoms with Gasteiger partial charge in [-0.3, -0.25) is 4.79 Å². The number of nitrogens with one attached hydrogen (secondary N) is 2. The predicted octanol–water partition coefficient (Wildman–Crippen LogP) is 3.93. The van der Waals surface area contributed by atoms with Crippen molar-refractivity contribution in [2.75, 3.05) is 24.5 Å². The number of nitrogens with zero attached hydrogens (tertiary/aromatic N) is 1. The SMILES string of the molecule is Cc1cccc(S(=O)(=O)NC(CC2CCCCC2)C(=O)NCCN2CCc3cc(F)ccc32)c1. The highest BCUT2D eigenvalue weighted by atomic mass is 32.2. The molecule has 0 saturated heterocycles. The number of halogens is 1. The number of rotatable bonds is 9. The number of fused-ring (bicyclic) bond motifs is 1. The van der Waals surface area contributed by atoms with E-state index >= 15 is 0 Å². The lowest BCUT2D eigenvalue weighted by molar-refractivity contribution is -0.123. The zero-order valence-corrected chi connectivity index (χ0v) is 20.5. The van der Waals surface area contributed by atoms with E-state index in [1.54, 1.807) is 30.3 Å². The van der Waals surface area contributed by atoms with Gasteiger partial charge in [0.15, 0.2) is 0 Å². The molecule has 8 heteroatoms. The van der Waals surface area contributed by atoms with E-state index in [0.29, 0.717) is 25.4 Å². The van der Waals surface area contributed by atoms with Gasteiger partial charge in [0.05, 0.1) is 4.90 Å². The van der Waals surface area contributed by atoms with Crippen LogP contribution in [0.5, 0.6) is 0 Å². The van der Waals surface area contributed by atoms with Gasteiger partial charge < -0.3 is 10.2 Å². The summed E-state index contributed by atoms with van der Waals surface area (Å²) in [7, 11) is -3.82. The second-order valence-electron chi connectivity index (χ2n) is 9.53. The lowest BCUT2D eigenvalue weighted by atomic mass is 9.85. The third-order valence-electron chi connectivity index (χ3n) is 6.92. The molecule has 1 unspecified atom stereocenters. The molecular weight excluding hydrogens is 453 g/mol. The van der Waals surface area contributed by atoms with Crippen molar-refractivity contribution in [3.63, 3.8) is 0 Å². The van der Waals surface area contributed by atoms with Crippen molar-refractivity contribution in [3.05, 3.63) is 59.4 Å². The van der Waals surface area contributed by atoms with Crippen LogP contribution in [0.1, 0.15) is 49.7 Å². The Bertz CT molecular complexity index is 1120. The Morgan fingerprint density at radius 1 is 1.15 bits per heavy atom. The quantitative estimate of drug-likeness (QED) is 0.562. The molecule has 1 atom stereocenters. The van der Waals surface area contributed by atoms with Crippen molar-refractivity contribution in [2.45, 2.75) is 62.8 Å². The van der Waals surface area contributed by atoms with E-state index < -0.39 is 16.1 Å². The molecule has 1 aliphatic carbocycles. The largest absolute Gasteiger partial charge is 0.369 e.